The summed E-state index contributed by atoms with van der Waals surface area (Å²) < 4.78 is 37.4. The molecule has 2 amide bonds. The van der Waals surface area contributed by atoms with E-state index >= 15 is 0 Å². The van der Waals surface area contributed by atoms with Crippen LogP contribution in [0.3, 0.4) is 0 Å². The predicted molar refractivity (Wildman–Crippen MR) is 72.0 cm³/mol. The highest BCUT2D eigenvalue weighted by molar-refractivity contribution is 5.97. The van der Waals surface area contributed by atoms with Gasteiger partial charge in [0.1, 0.15) is 11.7 Å². The molecule has 0 saturated carbocycles. The number of nitrogens with zero attached hydrogens (tertiary/aromatic N) is 2. The van der Waals surface area contributed by atoms with Gasteiger partial charge in [-0.15, -0.1) is 0 Å². The number of pyridine rings is 1. The molecule has 1 atom stereocenters. The summed E-state index contributed by atoms with van der Waals surface area (Å²) in [7, 11) is 1.49. The average molecular weight is 315 g/mol. The van der Waals surface area contributed by atoms with E-state index in [-0.39, 0.29) is 11.5 Å². The van der Waals surface area contributed by atoms with Gasteiger partial charge in [-0.1, -0.05) is 0 Å². The van der Waals surface area contributed by atoms with Crippen LogP contribution in [0.15, 0.2) is 18.3 Å². The second-order valence-corrected chi connectivity index (χ2v) is 5.05. The summed E-state index contributed by atoms with van der Waals surface area (Å²) in [6.45, 7) is 0.401. The Morgan fingerprint density at radius 1 is 1.32 bits per heavy atom. The lowest BCUT2D eigenvalue weighted by Crippen LogP contribution is -2.51. The topological polar surface area (TPSA) is 62.3 Å². The zero-order chi connectivity index (χ0) is 16.3. The summed E-state index contributed by atoms with van der Waals surface area (Å²) in [6, 6.07) is 1.27. The molecule has 1 aliphatic rings. The van der Waals surface area contributed by atoms with Gasteiger partial charge in [-0.2, -0.15) is 13.2 Å². The van der Waals surface area contributed by atoms with Crippen LogP contribution < -0.4 is 5.32 Å². The number of likely N-dealkylation sites (tertiary alicyclic amines) is 1. The Labute approximate surface area is 125 Å². The number of alkyl halides is 3. The molecule has 22 heavy (non-hydrogen) atoms. The van der Waals surface area contributed by atoms with E-state index in [9.17, 15) is 22.8 Å². The minimum atomic E-state index is -4.54. The number of hydrogen-bond acceptors (Lipinski definition) is 3. The van der Waals surface area contributed by atoms with Gasteiger partial charge in [-0.05, 0) is 31.4 Å². The zero-order valence-electron chi connectivity index (χ0n) is 12.0. The van der Waals surface area contributed by atoms with Gasteiger partial charge in [0.05, 0.1) is 5.56 Å². The molecule has 1 aliphatic heterocycles. The molecular weight excluding hydrogens is 299 g/mol. The summed E-state index contributed by atoms with van der Waals surface area (Å²) in [5, 5.41) is 2.50. The lowest BCUT2D eigenvalue weighted by molar-refractivity contribution is -0.141. The number of likely N-dealkylation sites (N-methyl/N-ethyl adjacent to an activating group) is 1. The van der Waals surface area contributed by atoms with E-state index in [4.69, 9.17) is 0 Å². The van der Waals surface area contributed by atoms with Crippen molar-refractivity contribution in [1.29, 1.82) is 0 Å². The Kier molecular flexibility index (Phi) is 4.68. The van der Waals surface area contributed by atoms with Crippen LogP contribution in [0.5, 0.6) is 0 Å². The van der Waals surface area contributed by atoms with E-state index in [1.54, 1.807) is 0 Å². The quantitative estimate of drug-likeness (QED) is 0.906. The Bertz CT molecular complexity index is 557. The maximum absolute atomic E-state index is 12.5. The number of carbonyl (C=O) groups is 2. The SMILES string of the molecule is CNC(=O)[C@@H]1CCCCN1C(=O)c1ccc(C(F)(F)F)nc1. The first-order chi connectivity index (χ1) is 10.3. The smallest absolute Gasteiger partial charge is 0.357 e. The maximum Gasteiger partial charge on any atom is 0.433 e. The highest BCUT2D eigenvalue weighted by Crippen LogP contribution is 2.27. The Balaban J connectivity index is 2.20. The molecular formula is C14H16F3N3O2. The first kappa shape index (κ1) is 16.3. The summed E-state index contributed by atoms with van der Waals surface area (Å²) in [6.07, 6.45) is -1.52. The van der Waals surface area contributed by atoms with Gasteiger partial charge >= 0.3 is 6.18 Å². The summed E-state index contributed by atoms with van der Waals surface area (Å²) in [5.74, 6) is -0.748. The molecule has 2 rings (SSSR count). The van der Waals surface area contributed by atoms with E-state index in [1.807, 2.05) is 0 Å². The fourth-order valence-corrected chi connectivity index (χ4v) is 2.47. The number of nitrogens with one attached hydrogen (secondary N) is 1. The Morgan fingerprint density at radius 3 is 2.59 bits per heavy atom. The van der Waals surface area contributed by atoms with Crippen LogP contribution in [-0.2, 0) is 11.0 Å². The standard InChI is InChI=1S/C14H16F3N3O2/c1-18-12(21)10-4-2-3-7-20(10)13(22)9-5-6-11(19-8-9)14(15,16)17/h5-6,8,10H,2-4,7H2,1H3,(H,18,21)/t10-/m0/s1. The van der Waals surface area contributed by atoms with Gasteiger partial charge < -0.3 is 10.2 Å². The first-order valence-electron chi connectivity index (χ1n) is 6.90. The second-order valence-electron chi connectivity index (χ2n) is 5.05. The molecule has 5 nitrogen and oxygen atoms in total. The van der Waals surface area contributed by atoms with Crippen LogP contribution in [0.2, 0.25) is 0 Å². The van der Waals surface area contributed by atoms with Crippen molar-refractivity contribution in [3.63, 3.8) is 0 Å². The van der Waals surface area contributed by atoms with Crippen LogP contribution in [0.1, 0.15) is 35.3 Å². The molecule has 1 aromatic heterocycles. The number of amides is 2. The number of piperidine rings is 1. The fraction of sp³-hybridized carbons (Fsp3) is 0.500. The molecule has 0 aliphatic carbocycles. The lowest BCUT2D eigenvalue weighted by atomic mass is 10.0. The second kappa shape index (κ2) is 6.33. The first-order valence-corrected chi connectivity index (χ1v) is 6.90. The van der Waals surface area contributed by atoms with E-state index in [0.29, 0.717) is 13.0 Å². The fourth-order valence-electron chi connectivity index (χ4n) is 2.47. The Hall–Kier alpha value is -2.12. The van der Waals surface area contributed by atoms with Crippen LogP contribution in [-0.4, -0.2) is 41.3 Å². The third kappa shape index (κ3) is 3.37. The van der Waals surface area contributed by atoms with Gasteiger partial charge in [0.25, 0.3) is 5.91 Å². The molecule has 0 bridgehead atoms. The molecule has 0 spiro atoms. The third-order valence-corrected chi connectivity index (χ3v) is 3.61. The molecule has 1 fully saturated rings. The Morgan fingerprint density at radius 2 is 2.05 bits per heavy atom. The normalized spacial score (nSPS) is 18.9. The molecule has 1 saturated heterocycles. The number of carbonyl (C=O) groups excluding carboxylic acids is 2. The molecule has 120 valence electrons. The molecule has 0 aromatic carbocycles. The molecule has 8 heteroatoms. The van der Waals surface area contributed by atoms with Crippen molar-refractivity contribution in [2.24, 2.45) is 0 Å². The molecule has 0 radical (unpaired) electrons. The van der Waals surface area contributed by atoms with Gasteiger partial charge in [0.15, 0.2) is 0 Å². The van der Waals surface area contributed by atoms with Crippen LogP contribution in [0, 0.1) is 0 Å². The van der Waals surface area contributed by atoms with Crippen LogP contribution in [0.4, 0.5) is 13.2 Å². The van der Waals surface area contributed by atoms with Crippen LogP contribution >= 0.6 is 0 Å². The van der Waals surface area contributed by atoms with E-state index < -0.39 is 23.8 Å². The highest BCUT2D eigenvalue weighted by atomic mass is 19.4. The molecule has 1 aromatic rings. The largest absolute Gasteiger partial charge is 0.433 e. The van der Waals surface area contributed by atoms with Crippen molar-refractivity contribution in [2.45, 2.75) is 31.5 Å². The molecule has 2 heterocycles. The van der Waals surface area contributed by atoms with Gasteiger partial charge in [0.2, 0.25) is 5.91 Å². The monoisotopic (exact) mass is 315 g/mol. The summed E-state index contributed by atoms with van der Waals surface area (Å²) in [4.78, 5) is 28.9. The van der Waals surface area contributed by atoms with Crippen molar-refractivity contribution >= 4 is 11.8 Å². The molecule has 0 unspecified atom stereocenters. The van der Waals surface area contributed by atoms with Crippen molar-refractivity contribution < 1.29 is 22.8 Å². The predicted octanol–water partition coefficient (Wildman–Crippen LogP) is 1.84. The average Bonchev–Trinajstić information content (AvgIpc) is 2.52. The number of halogens is 3. The summed E-state index contributed by atoms with van der Waals surface area (Å²) >= 11 is 0. The zero-order valence-corrected chi connectivity index (χ0v) is 12.0. The van der Waals surface area contributed by atoms with E-state index in [2.05, 4.69) is 10.3 Å². The van der Waals surface area contributed by atoms with Crippen molar-refractivity contribution in [1.82, 2.24) is 15.2 Å². The number of rotatable bonds is 2. The van der Waals surface area contributed by atoms with E-state index in [0.717, 1.165) is 31.2 Å². The van der Waals surface area contributed by atoms with Gasteiger partial charge in [0, 0.05) is 19.8 Å². The minimum absolute atomic E-state index is 0.0452. The highest BCUT2D eigenvalue weighted by Gasteiger charge is 2.34. The van der Waals surface area contributed by atoms with Crippen molar-refractivity contribution in [3.05, 3.63) is 29.6 Å². The third-order valence-electron chi connectivity index (χ3n) is 3.61. The van der Waals surface area contributed by atoms with Gasteiger partial charge in [-0.3, -0.25) is 14.6 Å². The van der Waals surface area contributed by atoms with Crippen molar-refractivity contribution in [2.75, 3.05) is 13.6 Å². The maximum atomic E-state index is 12.5. The molecule has 1 N–H and O–H groups in total. The van der Waals surface area contributed by atoms with E-state index in [1.165, 1.54) is 11.9 Å². The number of hydrogen-bond donors (Lipinski definition) is 1. The number of aromatic nitrogens is 1. The lowest BCUT2D eigenvalue weighted by Gasteiger charge is -2.34. The van der Waals surface area contributed by atoms with Crippen molar-refractivity contribution in [3.8, 4) is 0 Å². The summed E-state index contributed by atoms with van der Waals surface area (Å²) in [5.41, 5.74) is -1.01. The van der Waals surface area contributed by atoms with Gasteiger partial charge in [-0.25, -0.2) is 0 Å². The van der Waals surface area contributed by atoms with Crippen LogP contribution in [0.25, 0.3) is 0 Å². The minimum Gasteiger partial charge on any atom is -0.357 e.